The molecule has 0 saturated heterocycles. The largest absolute Gasteiger partial charge is 0.357 e. The number of aliphatic imine (C=N–C) groups is 1. The first-order chi connectivity index (χ1) is 13.7. The van der Waals surface area contributed by atoms with Crippen LogP contribution in [0.2, 0.25) is 0 Å². The second-order valence-corrected chi connectivity index (χ2v) is 6.30. The number of pyridine rings is 1. The zero-order valence-corrected chi connectivity index (χ0v) is 16.1. The summed E-state index contributed by atoms with van der Waals surface area (Å²) in [7, 11) is 0. The van der Waals surface area contributed by atoms with Crippen LogP contribution in [-0.2, 0) is 17.8 Å². The molecule has 0 saturated carbocycles. The van der Waals surface area contributed by atoms with E-state index in [1.54, 1.807) is 0 Å². The van der Waals surface area contributed by atoms with Crippen LogP contribution in [0.15, 0.2) is 53.7 Å². The summed E-state index contributed by atoms with van der Waals surface area (Å²) in [5.41, 5.74) is 2.80. The lowest BCUT2D eigenvalue weighted by Crippen LogP contribution is -2.38. The van der Waals surface area contributed by atoms with E-state index in [4.69, 9.17) is 0 Å². The third-order valence-electron chi connectivity index (χ3n) is 4.09. The summed E-state index contributed by atoms with van der Waals surface area (Å²) in [6, 6.07) is 13.6. The Morgan fingerprint density at radius 3 is 2.68 bits per heavy atom. The van der Waals surface area contributed by atoms with Gasteiger partial charge in [-0.1, -0.05) is 18.2 Å². The van der Waals surface area contributed by atoms with Crippen LogP contribution in [0.3, 0.4) is 0 Å². The van der Waals surface area contributed by atoms with E-state index in [1.807, 2.05) is 60.0 Å². The molecule has 0 aliphatic carbocycles. The van der Waals surface area contributed by atoms with E-state index in [1.165, 1.54) is 12.5 Å². The molecule has 146 valence electrons. The number of aromatic nitrogens is 3. The number of hydrogen-bond acceptors (Lipinski definition) is 4. The van der Waals surface area contributed by atoms with Crippen molar-refractivity contribution in [3.63, 3.8) is 0 Å². The van der Waals surface area contributed by atoms with Gasteiger partial charge in [-0.15, -0.1) is 10.2 Å². The summed E-state index contributed by atoms with van der Waals surface area (Å²) in [5, 5.41) is 17.7. The van der Waals surface area contributed by atoms with Crippen LogP contribution in [0, 0.1) is 0 Å². The summed E-state index contributed by atoms with van der Waals surface area (Å²) >= 11 is 0. The van der Waals surface area contributed by atoms with Gasteiger partial charge in [0.25, 0.3) is 0 Å². The number of nitrogens with zero attached hydrogens (tertiary/aromatic N) is 4. The van der Waals surface area contributed by atoms with E-state index < -0.39 is 0 Å². The molecule has 8 nitrogen and oxygen atoms in total. The monoisotopic (exact) mass is 379 g/mol. The van der Waals surface area contributed by atoms with Gasteiger partial charge in [0.1, 0.15) is 6.54 Å². The normalized spacial score (nSPS) is 11.4. The lowest BCUT2D eigenvalue weighted by molar-refractivity contribution is -0.114. The zero-order valence-electron chi connectivity index (χ0n) is 16.1. The lowest BCUT2D eigenvalue weighted by atomic mass is 10.1. The van der Waals surface area contributed by atoms with E-state index in [9.17, 15) is 4.79 Å². The Hall–Kier alpha value is -3.42. The van der Waals surface area contributed by atoms with Gasteiger partial charge in [-0.05, 0) is 43.2 Å². The molecule has 2 heterocycles. The molecule has 0 spiro atoms. The van der Waals surface area contributed by atoms with E-state index in [0.29, 0.717) is 6.54 Å². The maximum absolute atomic E-state index is 11.1. The van der Waals surface area contributed by atoms with Gasteiger partial charge in [0.2, 0.25) is 5.91 Å². The lowest BCUT2D eigenvalue weighted by Gasteiger charge is -2.11. The number of benzene rings is 1. The summed E-state index contributed by atoms with van der Waals surface area (Å²) in [4.78, 5) is 15.7. The highest BCUT2D eigenvalue weighted by molar-refractivity contribution is 5.88. The maximum Gasteiger partial charge on any atom is 0.221 e. The van der Waals surface area contributed by atoms with Crippen molar-refractivity contribution in [2.24, 2.45) is 4.99 Å². The van der Waals surface area contributed by atoms with Crippen LogP contribution in [-0.4, -0.2) is 39.6 Å². The Morgan fingerprint density at radius 2 is 1.93 bits per heavy atom. The highest BCUT2D eigenvalue weighted by Gasteiger charge is 2.05. The zero-order chi connectivity index (χ0) is 19.8. The molecule has 8 heteroatoms. The Kier molecular flexibility index (Phi) is 6.56. The van der Waals surface area contributed by atoms with E-state index in [2.05, 4.69) is 31.1 Å². The molecule has 1 aromatic carbocycles. The van der Waals surface area contributed by atoms with Crippen molar-refractivity contribution in [3.8, 4) is 0 Å². The number of anilines is 1. The summed E-state index contributed by atoms with van der Waals surface area (Å²) in [6.45, 7) is 5.49. The number of amides is 1. The molecular weight excluding hydrogens is 354 g/mol. The van der Waals surface area contributed by atoms with Crippen LogP contribution in [0.5, 0.6) is 0 Å². The Balaban J connectivity index is 1.55. The van der Waals surface area contributed by atoms with Gasteiger partial charge in [0.15, 0.2) is 17.4 Å². The maximum atomic E-state index is 11.1. The van der Waals surface area contributed by atoms with Crippen molar-refractivity contribution >= 4 is 23.2 Å². The van der Waals surface area contributed by atoms with Gasteiger partial charge >= 0.3 is 0 Å². The topological polar surface area (TPSA) is 95.7 Å². The first-order valence-electron chi connectivity index (χ1n) is 9.33. The molecule has 1 amide bonds. The Bertz CT molecular complexity index is 947. The highest BCUT2D eigenvalue weighted by Crippen LogP contribution is 2.09. The van der Waals surface area contributed by atoms with Gasteiger partial charge in [0, 0.05) is 31.9 Å². The number of rotatable bonds is 7. The van der Waals surface area contributed by atoms with Crippen LogP contribution in [0.4, 0.5) is 5.69 Å². The summed E-state index contributed by atoms with van der Waals surface area (Å²) < 4.78 is 1.93. The van der Waals surface area contributed by atoms with Gasteiger partial charge in [-0.3, -0.25) is 9.20 Å². The molecule has 3 N–H and O–H groups in total. The second-order valence-electron chi connectivity index (χ2n) is 6.30. The van der Waals surface area contributed by atoms with Crippen molar-refractivity contribution in [2.75, 3.05) is 18.4 Å². The first-order valence-corrected chi connectivity index (χ1v) is 9.33. The average Bonchev–Trinajstić information content (AvgIpc) is 3.10. The molecule has 0 aliphatic heterocycles. The van der Waals surface area contributed by atoms with E-state index in [-0.39, 0.29) is 5.91 Å². The quantitative estimate of drug-likeness (QED) is 0.431. The minimum Gasteiger partial charge on any atom is -0.357 e. The molecule has 0 fully saturated rings. The van der Waals surface area contributed by atoms with Crippen molar-refractivity contribution in [3.05, 3.63) is 60.0 Å². The fourth-order valence-electron chi connectivity index (χ4n) is 2.77. The number of carbonyl (C=O) groups excluding carboxylic acids is 1. The standard InChI is InChI=1S/C20H25N7O/c1-3-21-20(23-14-19-26-25-18-6-4-5-13-27(18)19)22-12-11-16-7-9-17(10-8-16)24-15(2)28/h4-10,13H,3,11-12,14H2,1-2H3,(H,24,28)(H2,21,22,23). The summed E-state index contributed by atoms with van der Waals surface area (Å²) in [6.07, 6.45) is 2.78. The molecule has 0 aliphatic rings. The molecule has 0 atom stereocenters. The molecular formula is C20H25N7O. The third-order valence-corrected chi connectivity index (χ3v) is 4.09. The van der Waals surface area contributed by atoms with E-state index >= 15 is 0 Å². The molecule has 0 bridgehead atoms. The molecule has 28 heavy (non-hydrogen) atoms. The van der Waals surface area contributed by atoms with Gasteiger partial charge < -0.3 is 16.0 Å². The first kappa shape index (κ1) is 19.3. The predicted molar refractivity (Wildman–Crippen MR) is 110 cm³/mol. The van der Waals surface area contributed by atoms with Crippen molar-refractivity contribution in [1.29, 1.82) is 0 Å². The molecule has 3 rings (SSSR count). The van der Waals surface area contributed by atoms with Crippen LogP contribution in [0.1, 0.15) is 25.2 Å². The number of fused-ring (bicyclic) bond motifs is 1. The van der Waals surface area contributed by atoms with Crippen molar-refractivity contribution in [2.45, 2.75) is 26.8 Å². The number of hydrogen-bond donors (Lipinski definition) is 3. The minimum atomic E-state index is -0.0682. The number of nitrogens with one attached hydrogen (secondary N) is 3. The van der Waals surface area contributed by atoms with Crippen LogP contribution in [0.25, 0.3) is 5.65 Å². The Labute approximate surface area is 164 Å². The third kappa shape index (κ3) is 5.29. The second kappa shape index (κ2) is 9.50. The predicted octanol–water partition coefficient (Wildman–Crippen LogP) is 1.99. The fraction of sp³-hybridized carbons (Fsp3) is 0.300. The molecule has 0 radical (unpaired) electrons. The van der Waals surface area contributed by atoms with Crippen LogP contribution < -0.4 is 16.0 Å². The number of guanidine groups is 1. The molecule has 3 aromatic rings. The molecule has 0 unspecified atom stereocenters. The smallest absolute Gasteiger partial charge is 0.221 e. The minimum absolute atomic E-state index is 0.0682. The summed E-state index contributed by atoms with van der Waals surface area (Å²) in [5.74, 6) is 1.47. The van der Waals surface area contributed by atoms with E-state index in [0.717, 1.165) is 42.6 Å². The average molecular weight is 379 g/mol. The van der Waals surface area contributed by atoms with Gasteiger partial charge in [0.05, 0.1) is 0 Å². The van der Waals surface area contributed by atoms with Crippen molar-refractivity contribution in [1.82, 2.24) is 25.2 Å². The highest BCUT2D eigenvalue weighted by atomic mass is 16.1. The SMILES string of the molecule is CCNC(=NCc1nnc2ccccn12)NCCc1ccc(NC(C)=O)cc1. The van der Waals surface area contributed by atoms with Crippen molar-refractivity contribution < 1.29 is 4.79 Å². The number of carbonyl (C=O) groups is 1. The molecule has 2 aromatic heterocycles. The van der Waals surface area contributed by atoms with Gasteiger partial charge in [-0.2, -0.15) is 0 Å². The Morgan fingerprint density at radius 1 is 1.11 bits per heavy atom. The van der Waals surface area contributed by atoms with Crippen LogP contribution >= 0.6 is 0 Å². The fourth-order valence-corrected chi connectivity index (χ4v) is 2.77. The van der Waals surface area contributed by atoms with Gasteiger partial charge in [-0.25, -0.2) is 4.99 Å².